The molecule has 4 saturated carbocycles. The van der Waals surface area contributed by atoms with Gasteiger partial charge in [0.25, 0.3) is 0 Å². The highest BCUT2D eigenvalue weighted by Gasteiger charge is 2.61. The zero-order chi connectivity index (χ0) is 38.0. The van der Waals surface area contributed by atoms with Crippen LogP contribution in [-0.2, 0) is 5.41 Å². The highest BCUT2D eigenvalue weighted by Crippen LogP contribution is 2.70. The minimum absolute atomic E-state index is 0.150. The summed E-state index contributed by atoms with van der Waals surface area (Å²) in [6.07, 6.45) is 7.07. The molecule has 1 spiro atoms. The minimum Gasteiger partial charge on any atom is -0.308 e. The van der Waals surface area contributed by atoms with Crippen LogP contribution in [0.1, 0.15) is 43.2 Å². The molecule has 0 radical (unpaired) electrons. The van der Waals surface area contributed by atoms with Crippen LogP contribution in [-0.4, -0.2) is 0 Å². The van der Waals surface area contributed by atoms with Gasteiger partial charge in [-0.05, 0) is 136 Å². The molecule has 4 bridgehead atoms. The van der Waals surface area contributed by atoms with Gasteiger partial charge in [0.15, 0.2) is 0 Å². The summed E-state index contributed by atoms with van der Waals surface area (Å²) in [5.41, 5.74) is 15.1. The molecule has 5 aliphatic rings. The number of anilines is 3. The van der Waals surface area contributed by atoms with Crippen LogP contribution >= 0.6 is 11.3 Å². The Bertz CT molecular complexity index is 3050. The molecular weight excluding hydrogens is 719 g/mol. The van der Waals surface area contributed by atoms with E-state index in [0.717, 1.165) is 29.4 Å². The highest BCUT2D eigenvalue weighted by atomic mass is 32.1. The number of thiophene rings is 1. The fraction of sp³-hybridized carbons (Fsp3) is 0.179. The van der Waals surface area contributed by atoms with Crippen molar-refractivity contribution in [3.8, 4) is 33.4 Å². The van der Waals surface area contributed by atoms with Crippen molar-refractivity contribution in [3.63, 3.8) is 0 Å². The molecule has 0 N–H and O–H groups in total. The lowest BCUT2D eigenvalue weighted by molar-refractivity contribution is -0.0399. The Kier molecular flexibility index (Phi) is 7.13. The largest absolute Gasteiger partial charge is 0.308 e. The summed E-state index contributed by atoms with van der Waals surface area (Å²) in [6.45, 7) is 0. The molecular formula is C56H43NS. The van der Waals surface area contributed by atoms with Gasteiger partial charge in [-0.3, -0.25) is 0 Å². The molecule has 4 fully saturated rings. The third kappa shape index (κ3) is 4.58. The predicted octanol–water partition coefficient (Wildman–Crippen LogP) is 15.7. The predicted molar refractivity (Wildman–Crippen MR) is 246 cm³/mol. The minimum atomic E-state index is 0.150. The normalized spacial score (nSPS) is 22.6. The van der Waals surface area contributed by atoms with Gasteiger partial charge < -0.3 is 4.90 Å². The monoisotopic (exact) mass is 761 g/mol. The van der Waals surface area contributed by atoms with Crippen molar-refractivity contribution in [1.82, 2.24) is 0 Å². The van der Waals surface area contributed by atoms with Crippen molar-refractivity contribution in [2.45, 2.75) is 37.5 Å². The number of nitrogens with zero attached hydrogens (tertiary/aromatic N) is 1. The maximum atomic E-state index is 2.53. The summed E-state index contributed by atoms with van der Waals surface area (Å²) in [5.74, 6) is 3.36. The van der Waals surface area contributed by atoms with E-state index in [1.807, 2.05) is 11.3 Å². The Morgan fingerprint density at radius 1 is 0.414 bits per heavy atom. The van der Waals surface area contributed by atoms with Gasteiger partial charge >= 0.3 is 0 Å². The number of rotatable bonds is 5. The molecule has 58 heavy (non-hydrogen) atoms. The zero-order valence-corrected chi connectivity index (χ0v) is 33.3. The van der Waals surface area contributed by atoms with E-state index < -0.39 is 0 Å². The van der Waals surface area contributed by atoms with Gasteiger partial charge in [0.2, 0.25) is 0 Å². The fourth-order valence-electron chi connectivity index (χ4n) is 12.9. The maximum absolute atomic E-state index is 2.53. The number of benzene rings is 8. The third-order valence-electron chi connectivity index (χ3n) is 14.9. The Hall–Kier alpha value is -5.96. The van der Waals surface area contributed by atoms with Crippen molar-refractivity contribution in [3.05, 3.63) is 187 Å². The second-order valence-corrected chi connectivity index (χ2v) is 18.7. The van der Waals surface area contributed by atoms with Crippen molar-refractivity contribution in [2.75, 3.05) is 4.90 Å². The maximum Gasteiger partial charge on any atom is 0.0640 e. The fourth-order valence-corrected chi connectivity index (χ4v) is 14.1. The van der Waals surface area contributed by atoms with E-state index in [-0.39, 0.29) is 5.41 Å². The summed E-state index contributed by atoms with van der Waals surface area (Å²) in [6, 6.07) is 66.5. The molecule has 1 aromatic heterocycles. The summed E-state index contributed by atoms with van der Waals surface area (Å²) < 4.78 is 2.63. The highest BCUT2D eigenvalue weighted by molar-refractivity contribution is 7.26. The van der Waals surface area contributed by atoms with Gasteiger partial charge in [-0.2, -0.15) is 0 Å². The zero-order valence-electron chi connectivity index (χ0n) is 32.4. The first kappa shape index (κ1) is 33.1. The van der Waals surface area contributed by atoms with Crippen molar-refractivity contribution >= 4 is 59.3 Å². The van der Waals surface area contributed by atoms with Gasteiger partial charge in [-0.25, -0.2) is 0 Å². The average molecular weight is 762 g/mol. The molecule has 9 aromatic rings. The first-order valence-electron chi connectivity index (χ1n) is 21.4. The van der Waals surface area contributed by atoms with Gasteiger partial charge in [-0.1, -0.05) is 146 Å². The van der Waals surface area contributed by atoms with Crippen LogP contribution in [0.15, 0.2) is 176 Å². The molecule has 0 aliphatic heterocycles. The van der Waals surface area contributed by atoms with E-state index in [9.17, 15) is 0 Å². The number of hydrogen-bond acceptors (Lipinski definition) is 2. The van der Waals surface area contributed by atoms with E-state index >= 15 is 0 Å². The summed E-state index contributed by atoms with van der Waals surface area (Å²) >= 11 is 1.90. The molecule has 5 aliphatic carbocycles. The summed E-state index contributed by atoms with van der Waals surface area (Å²) in [5, 5.41) is 5.19. The van der Waals surface area contributed by atoms with Crippen LogP contribution in [0.5, 0.6) is 0 Å². The molecule has 2 heteroatoms. The van der Waals surface area contributed by atoms with Gasteiger partial charge in [0.1, 0.15) is 0 Å². The third-order valence-corrected chi connectivity index (χ3v) is 16.1. The van der Waals surface area contributed by atoms with Crippen molar-refractivity contribution < 1.29 is 0 Å². The molecule has 278 valence electrons. The lowest BCUT2D eigenvalue weighted by Gasteiger charge is -2.61. The molecule has 1 nitrogen and oxygen atoms in total. The lowest BCUT2D eigenvalue weighted by Crippen LogP contribution is -2.55. The van der Waals surface area contributed by atoms with E-state index in [2.05, 4.69) is 181 Å². The molecule has 0 atom stereocenters. The Morgan fingerprint density at radius 3 is 1.83 bits per heavy atom. The Labute approximate surface area is 344 Å². The van der Waals surface area contributed by atoms with Crippen LogP contribution < -0.4 is 4.90 Å². The lowest BCUT2D eigenvalue weighted by atomic mass is 9.43. The smallest absolute Gasteiger partial charge is 0.0640 e. The van der Waals surface area contributed by atoms with Gasteiger partial charge in [0, 0.05) is 32.0 Å². The number of hydrogen-bond donors (Lipinski definition) is 0. The topological polar surface area (TPSA) is 3.24 Å². The Balaban J connectivity index is 1.03. The molecule has 0 unspecified atom stereocenters. The van der Waals surface area contributed by atoms with Crippen LogP contribution in [0, 0.1) is 23.7 Å². The molecule has 0 saturated heterocycles. The number of fused-ring (bicyclic) bond motifs is 7. The quantitative estimate of drug-likeness (QED) is 0.169. The van der Waals surface area contributed by atoms with Crippen LogP contribution in [0.4, 0.5) is 17.1 Å². The Morgan fingerprint density at radius 2 is 1.00 bits per heavy atom. The standard InChI is InChI=1S/C56H43NS/c1-2-12-37(13-3-1)38-26-28-41(29-27-38)57(52-24-11-20-47-45-14-5-7-25-53(45)58-55(47)52)51-23-10-17-42-43(16-8-18-44(42)51)46-19-9-22-50-54(46)48-15-4-6-21-49(48)56(50)39-31-35-30-36(33-39)34-40(56)32-35/h1-29,35-36,39-40H,30-34H2. The summed E-state index contributed by atoms with van der Waals surface area (Å²) in [7, 11) is 0. The van der Waals surface area contributed by atoms with E-state index in [4.69, 9.17) is 0 Å². The van der Waals surface area contributed by atoms with Crippen molar-refractivity contribution in [2.24, 2.45) is 23.7 Å². The molecule has 8 aromatic carbocycles. The second-order valence-electron chi connectivity index (χ2n) is 17.6. The molecule has 1 heterocycles. The van der Waals surface area contributed by atoms with Crippen LogP contribution in [0.25, 0.3) is 64.3 Å². The summed E-state index contributed by atoms with van der Waals surface area (Å²) in [4.78, 5) is 2.52. The van der Waals surface area contributed by atoms with Gasteiger partial charge in [0.05, 0.1) is 16.1 Å². The SMILES string of the molecule is c1ccc(-c2ccc(N(c3cccc4c(-c5cccc6c5-c5ccccc5C65C6CC7CC(C6)CC5C7)cccc34)c3cccc4c3sc3ccccc34)cc2)cc1. The van der Waals surface area contributed by atoms with E-state index in [1.165, 1.54) is 108 Å². The van der Waals surface area contributed by atoms with Crippen LogP contribution in [0.3, 0.4) is 0 Å². The molecule has 0 amide bonds. The van der Waals surface area contributed by atoms with E-state index in [1.54, 1.807) is 11.1 Å². The first-order chi connectivity index (χ1) is 28.7. The van der Waals surface area contributed by atoms with Crippen LogP contribution in [0.2, 0.25) is 0 Å². The molecule has 14 rings (SSSR count). The van der Waals surface area contributed by atoms with E-state index in [0.29, 0.717) is 0 Å². The first-order valence-corrected chi connectivity index (χ1v) is 22.2. The average Bonchev–Trinajstić information content (AvgIpc) is 3.81. The van der Waals surface area contributed by atoms with Crippen molar-refractivity contribution in [1.29, 1.82) is 0 Å². The van der Waals surface area contributed by atoms with Gasteiger partial charge in [-0.15, -0.1) is 11.3 Å². The second kappa shape index (κ2) is 12.5.